The van der Waals surface area contributed by atoms with Gasteiger partial charge in [-0.25, -0.2) is 14.5 Å². The number of morpholine rings is 1. The molecule has 4 aromatic heterocycles. The van der Waals surface area contributed by atoms with E-state index in [1.54, 1.807) is 24.0 Å². The molecule has 0 spiro atoms. The van der Waals surface area contributed by atoms with Gasteiger partial charge in [0.2, 0.25) is 11.8 Å². The Labute approximate surface area is 250 Å². The van der Waals surface area contributed by atoms with Crippen molar-refractivity contribution < 1.29 is 18.9 Å². The summed E-state index contributed by atoms with van der Waals surface area (Å²) in [5.41, 5.74) is 3.43. The largest absolute Gasteiger partial charge is 0.741 e. The van der Waals surface area contributed by atoms with Crippen LogP contribution in [0.4, 0.5) is 17.7 Å². The summed E-state index contributed by atoms with van der Waals surface area (Å²) in [6.07, 6.45) is 6.95. The molecule has 0 radical (unpaired) electrons. The van der Waals surface area contributed by atoms with Gasteiger partial charge in [-0.15, -0.1) is 0 Å². The third-order valence-corrected chi connectivity index (χ3v) is 7.88. The van der Waals surface area contributed by atoms with Gasteiger partial charge < -0.3 is 29.6 Å². The first-order valence-corrected chi connectivity index (χ1v) is 14.6. The Balaban J connectivity index is 1.20. The van der Waals surface area contributed by atoms with E-state index < -0.39 is 0 Å². The fourth-order valence-corrected chi connectivity index (χ4v) is 5.60. The van der Waals surface area contributed by atoms with Crippen LogP contribution in [0, 0.1) is 19.1 Å². The normalized spacial score (nSPS) is 18.9. The molecule has 2 aliphatic rings. The number of hydrogen-bond acceptors (Lipinski definition) is 11. The van der Waals surface area contributed by atoms with Crippen LogP contribution in [0.1, 0.15) is 42.8 Å². The number of aryl methyl sites for hydroxylation is 2. The maximum absolute atomic E-state index is 11.6. The predicted octanol–water partition coefficient (Wildman–Crippen LogP) is 3.83. The third-order valence-electron chi connectivity index (χ3n) is 7.88. The summed E-state index contributed by atoms with van der Waals surface area (Å²) < 4.78 is 20.4. The van der Waals surface area contributed by atoms with Crippen LogP contribution in [0.25, 0.3) is 10.9 Å². The highest BCUT2D eigenvalue weighted by molar-refractivity contribution is 5.87. The van der Waals surface area contributed by atoms with Crippen LogP contribution in [0.2, 0.25) is 0 Å². The molecule has 0 amide bonds. The van der Waals surface area contributed by atoms with E-state index in [0.717, 1.165) is 72.6 Å². The third kappa shape index (κ3) is 6.61. The second kappa shape index (κ2) is 12.4. The smallest absolute Gasteiger partial charge is 0.398 e. The number of rotatable bonds is 9. The maximum atomic E-state index is 11.6. The number of anilines is 2. The summed E-state index contributed by atoms with van der Waals surface area (Å²) in [4.78, 5) is 25.1. The van der Waals surface area contributed by atoms with Crippen molar-refractivity contribution in [1.29, 1.82) is 0 Å². The molecule has 0 unspecified atom stereocenters. The highest BCUT2D eigenvalue weighted by Gasteiger charge is 2.25. The highest BCUT2D eigenvalue weighted by Crippen LogP contribution is 2.33. The van der Waals surface area contributed by atoms with Gasteiger partial charge in [0, 0.05) is 43.3 Å². The summed E-state index contributed by atoms with van der Waals surface area (Å²) >= 11 is 0. The van der Waals surface area contributed by atoms with E-state index in [0.29, 0.717) is 35.5 Å². The molecule has 1 saturated carbocycles. The van der Waals surface area contributed by atoms with Crippen molar-refractivity contribution in [2.75, 3.05) is 36.5 Å². The zero-order valence-corrected chi connectivity index (χ0v) is 24.8. The molecule has 13 nitrogen and oxygen atoms in total. The lowest BCUT2D eigenvalue weighted by molar-refractivity contribution is -0.362. The fourth-order valence-electron chi connectivity index (χ4n) is 5.60. The number of pyridine rings is 2. The van der Waals surface area contributed by atoms with Crippen molar-refractivity contribution in [2.24, 2.45) is 7.05 Å². The second-order valence-electron chi connectivity index (χ2n) is 11.1. The monoisotopic (exact) mass is 587 g/mol. The van der Waals surface area contributed by atoms with Crippen molar-refractivity contribution in [2.45, 2.75) is 58.3 Å². The van der Waals surface area contributed by atoms with Gasteiger partial charge in [-0.05, 0) is 51.7 Å². The van der Waals surface area contributed by atoms with Gasteiger partial charge >= 0.3 is 5.95 Å². The summed E-state index contributed by atoms with van der Waals surface area (Å²) in [6.45, 7) is 10.4. The quantitative estimate of drug-likeness (QED) is 0.132. The van der Waals surface area contributed by atoms with Crippen LogP contribution >= 0.6 is 0 Å². The van der Waals surface area contributed by atoms with E-state index in [1.165, 1.54) is 0 Å². The van der Waals surface area contributed by atoms with Gasteiger partial charge in [-0.1, -0.05) is 4.98 Å². The first kappa shape index (κ1) is 28.6. The zero-order valence-electron chi connectivity index (χ0n) is 24.8. The molecular formula is C30H37N9O4. The standard InChI is InChI=1S/C30H37N9O4/c1-19-13-20(2)34-29(33-19)35-21-5-7-23(8-6-21)43-28-25-14-24(42-18-22-16-32-30(37(22)3)38(4)40)17-31-26(25)15-27(36-28)39-9-11-41-12-10-39/h13-17,21,23H,4-12,18H2,1-3H3,(H,33,34,35)/t21-,23+. The molecular weight excluding hydrogens is 550 g/mol. The fraction of sp³-hybridized carbons (Fsp3) is 0.467. The molecule has 0 atom stereocenters. The lowest BCUT2D eigenvalue weighted by Crippen LogP contribution is -2.37. The Kier molecular flexibility index (Phi) is 8.23. The van der Waals surface area contributed by atoms with E-state index in [9.17, 15) is 5.21 Å². The second-order valence-corrected chi connectivity index (χ2v) is 11.1. The number of aromatic nitrogens is 6. The van der Waals surface area contributed by atoms with E-state index in [1.807, 2.05) is 32.0 Å². The molecule has 13 heteroatoms. The number of nitrogens with one attached hydrogen (secondary N) is 1. The van der Waals surface area contributed by atoms with Gasteiger partial charge in [0.1, 0.15) is 30.5 Å². The number of hydrogen-bond donors (Lipinski definition) is 1. The molecule has 1 aliphatic carbocycles. The van der Waals surface area contributed by atoms with Crippen molar-refractivity contribution in [1.82, 2.24) is 29.5 Å². The minimum absolute atomic E-state index is 0.0176. The lowest BCUT2D eigenvalue weighted by Gasteiger charge is -2.31. The van der Waals surface area contributed by atoms with Gasteiger partial charge in [-0.3, -0.25) is 9.72 Å². The number of nitrogens with zero attached hydrogens (tertiary/aromatic N) is 8. The van der Waals surface area contributed by atoms with E-state index >= 15 is 0 Å². The van der Waals surface area contributed by atoms with Crippen LogP contribution in [0.3, 0.4) is 0 Å². The Hall–Kier alpha value is -4.52. The van der Waals surface area contributed by atoms with E-state index in [4.69, 9.17) is 24.2 Å². The van der Waals surface area contributed by atoms with Crippen molar-refractivity contribution >= 4 is 35.3 Å². The molecule has 0 bridgehead atoms. The first-order valence-electron chi connectivity index (χ1n) is 14.6. The van der Waals surface area contributed by atoms with Crippen LogP contribution in [0.15, 0.2) is 30.6 Å². The van der Waals surface area contributed by atoms with Gasteiger partial charge in [0.05, 0.1) is 37.4 Å². The number of imidazole rings is 1. The van der Waals surface area contributed by atoms with Crippen LogP contribution < -0.4 is 19.7 Å². The van der Waals surface area contributed by atoms with Gasteiger partial charge in [0.15, 0.2) is 5.69 Å². The summed E-state index contributed by atoms with van der Waals surface area (Å²) in [5, 5.41) is 15.9. The first-order chi connectivity index (χ1) is 20.8. The number of fused-ring (bicyclic) bond motifs is 1. The Morgan fingerprint density at radius 1 is 1.02 bits per heavy atom. The molecule has 0 aromatic carbocycles. The molecule has 1 aliphatic heterocycles. The topological polar surface area (TPSA) is 138 Å². The molecule has 6 rings (SSSR count). The van der Waals surface area contributed by atoms with E-state index in [-0.39, 0.29) is 24.7 Å². The lowest BCUT2D eigenvalue weighted by atomic mass is 9.93. The Morgan fingerprint density at radius 3 is 2.47 bits per heavy atom. The van der Waals surface area contributed by atoms with Crippen LogP contribution in [-0.2, 0) is 18.4 Å². The van der Waals surface area contributed by atoms with Crippen LogP contribution in [-0.4, -0.2) is 79.4 Å². The molecule has 4 aromatic rings. The average Bonchev–Trinajstić information content (AvgIpc) is 3.37. The van der Waals surface area contributed by atoms with Crippen molar-refractivity contribution in [3.05, 3.63) is 52.9 Å². The molecule has 43 heavy (non-hydrogen) atoms. The minimum atomic E-state index is 0.0176. The average molecular weight is 588 g/mol. The molecule has 2 fully saturated rings. The van der Waals surface area contributed by atoms with Crippen molar-refractivity contribution in [3.63, 3.8) is 0 Å². The maximum Gasteiger partial charge on any atom is 0.398 e. The summed E-state index contributed by atoms with van der Waals surface area (Å²) in [6, 6.07) is 6.17. The molecule has 5 heterocycles. The molecule has 1 N–H and O–H groups in total. The summed E-state index contributed by atoms with van der Waals surface area (Å²) in [7, 11) is 1.75. The number of ether oxygens (including phenoxy) is 3. The van der Waals surface area contributed by atoms with Gasteiger partial charge in [0.25, 0.3) is 0 Å². The zero-order chi connectivity index (χ0) is 29.9. The molecule has 1 saturated heterocycles. The van der Waals surface area contributed by atoms with Crippen molar-refractivity contribution in [3.8, 4) is 11.6 Å². The summed E-state index contributed by atoms with van der Waals surface area (Å²) in [5.74, 6) is 2.83. The Bertz CT molecular complexity index is 1590. The minimum Gasteiger partial charge on any atom is -0.741 e. The highest BCUT2D eigenvalue weighted by atomic mass is 16.5. The predicted molar refractivity (Wildman–Crippen MR) is 162 cm³/mol. The SMILES string of the molecule is C=[N+]([O-])c1ncc(COc2cnc3cc(N4CCOCC4)nc(O[C@H]4CC[C@@H](Nc5nc(C)cc(C)n5)CC4)c3c2)n1C. The van der Waals surface area contributed by atoms with Gasteiger partial charge in [-0.2, -0.15) is 4.98 Å². The van der Waals surface area contributed by atoms with E-state index in [2.05, 4.69) is 31.9 Å². The molecule has 226 valence electrons. The van der Waals surface area contributed by atoms with Crippen LogP contribution in [0.5, 0.6) is 11.6 Å². The Morgan fingerprint density at radius 2 is 1.77 bits per heavy atom.